The number of aromatic nitrogens is 3. The molecule has 0 aliphatic rings. The molecule has 1 amide bonds. The van der Waals surface area contributed by atoms with Gasteiger partial charge in [0.05, 0.1) is 17.8 Å². The molecule has 0 aliphatic heterocycles. The molecule has 0 bridgehead atoms. The minimum absolute atomic E-state index is 0.0568. The standard InChI is InChI=1S/C15H13ClN4O2/c16-13-6-2-1-5-12(13)15-18-10-19-20(15)9-14(21)17-8-11-4-3-7-22-11/h1-7,10H,8-9H2,(H,17,21). The van der Waals surface area contributed by atoms with Crippen molar-refractivity contribution in [2.75, 3.05) is 0 Å². The van der Waals surface area contributed by atoms with Crippen LogP contribution >= 0.6 is 11.6 Å². The van der Waals surface area contributed by atoms with Gasteiger partial charge in [-0.3, -0.25) is 4.79 Å². The second kappa shape index (κ2) is 6.44. The molecule has 2 aromatic heterocycles. The maximum Gasteiger partial charge on any atom is 0.242 e. The third-order valence-corrected chi connectivity index (χ3v) is 3.39. The first-order chi connectivity index (χ1) is 10.7. The van der Waals surface area contributed by atoms with Gasteiger partial charge in [0.1, 0.15) is 18.6 Å². The Morgan fingerprint density at radius 3 is 2.91 bits per heavy atom. The quantitative estimate of drug-likeness (QED) is 0.785. The second-order valence-corrected chi connectivity index (χ2v) is 4.98. The summed E-state index contributed by atoms with van der Waals surface area (Å²) in [5.74, 6) is 1.06. The smallest absolute Gasteiger partial charge is 0.242 e. The Hall–Kier alpha value is -2.60. The van der Waals surface area contributed by atoms with Crippen LogP contribution in [-0.2, 0) is 17.9 Å². The molecule has 0 aliphatic carbocycles. The molecule has 2 heterocycles. The van der Waals surface area contributed by atoms with Crippen LogP contribution in [0, 0.1) is 0 Å². The van der Waals surface area contributed by atoms with Crippen LogP contribution in [0.3, 0.4) is 0 Å². The van der Waals surface area contributed by atoms with Gasteiger partial charge >= 0.3 is 0 Å². The number of furan rings is 1. The fraction of sp³-hybridized carbons (Fsp3) is 0.133. The van der Waals surface area contributed by atoms with E-state index in [9.17, 15) is 4.79 Å². The number of carbonyl (C=O) groups is 1. The first-order valence-corrected chi connectivity index (χ1v) is 7.03. The Bertz CT molecular complexity index is 767. The van der Waals surface area contributed by atoms with Crippen molar-refractivity contribution in [2.45, 2.75) is 13.1 Å². The molecule has 22 heavy (non-hydrogen) atoms. The lowest BCUT2D eigenvalue weighted by molar-refractivity contribution is -0.122. The van der Waals surface area contributed by atoms with Crippen LogP contribution in [0.15, 0.2) is 53.4 Å². The average Bonchev–Trinajstić information content (AvgIpc) is 3.17. The Labute approximate surface area is 131 Å². The van der Waals surface area contributed by atoms with Crippen LogP contribution in [0.5, 0.6) is 0 Å². The molecular formula is C15H13ClN4O2. The fourth-order valence-electron chi connectivity index (χ4n) is 2.02. The number of benzene rings is 1. The van der Waals surface area contributed by atoms with Gasteiger partial charge in [-0.1, -0.05) is 23.7 Å². The van der Waals surface area contributed by atoms with E-state index in [4.69, 9.17) is 16.0 Å². The average molecular weight is 317 g/mol. The summed E-state index contributed by atoms with van der Waals surface area (Å²) in [6, 6.07) is 10.9. The number of amides is 1. The van der Waals surface area contributed by atoms with Gasteiger partial charge in [-0.05, 0) is 24.3 Å². The van der Waals surface area contributed by atoms with Crippen molar-refractivity contribution < 1.29 is 9.21 Å². The first kappa shape index (κ1) is 14.3. The molecule has 0 radical (unpaired) electrons. The van der Waals surface area contributed by atoms with E-state index in [1.54, 1.807) is 24.5 Å². The highest BCUT2D eigenvalue weighted by Crippen LogP contribution is 2.25. The molecule has 6 nitrogen and oxygen atoms in total. The minimum atomic E-state index is -0.185. The highest BCUT2D eigenvalue weighted by atomic mass is 35.5. The molecule has 0 atom stereocenters. The minimum Gasteiger partial charge on any atom is -0.467 e. The molecule has 0 saturated carbocycles. The molecule has 0 spiro atoms. The molecule has 1 N–H and O–H groups in total. The van der Waals surface area contributed by atoms with Gasteiger partial charge in [0.2, 0.25) is 5.91 Å². The maximum absolute atomic E-state index is 12.0. The topological polar surface area (TPSA) is 73.0 Å². The Balaban J connectivity index is 1.70. The van der Waals surface area contributed by atoms with Crippen LogP contribution in [0.4, 0.5) is 0 Å². The van der Waals surface area contributed by atoms with Gasteiger partial charge in [-0.25, -0.2) is 9.67 Å². The van der Waals surface area contributed by atoms with E-state index < -0.39 is 0 Å². The number of halogens is 1. The number of hydrogen-bond acceptors (Lipinski definition) is 4. The zero-order valence-electron chi connectivity index (χ0n) is 11.6. The van der Waals surface area contributed by atoms with E-state index >= 15 is 0 Å². The van der Waals surface area contributed by atoms with Gasteiger partial charge < -0.3 is 9.73 Å². The third-order valence-electron chi connectivity index (χ3n) is 3.06. The maximum atomic E-state index is 12.0. The third kappa shape index (κ3) is 3.17. The van der Waals surface area contributed by atoms with Gasteiger partial charge in [-0.2, -0.15) is 5.10 Å². The summed E-state index contributed by atoms with van der Waals surface area (Å²) in [6.07, 6.45) is 2.97. The summed E-state index contributed by atoms with van der Waals surface area (Å²) in [4.78, 5) is 16.2. The van der Waals surface area contributed by atoms with Gasteiger partial charge in [0.25, 0.3) is 0 Å². The number of rotatable bonds is 5. The second-order valence-electron chi connectivity index (χ2n) is 4.58. The summed E-state index contributed by atoms with van der Waals surface area (Å²) in [6.45, 7) is 0.392. The number of nitrogens with zero attached hydrogens (tertiary/aromatic N) is 3. The number of nitrogens with one attached hydrogen (secondary N) is 1. The van der Waals surface area contributed by atoms with Crippen molar-refractivity contribution >= 4 is 17.5 Å². The molecule has 0 fully saturated rings. The molecule has 0 unspecified atom stereocenters. The number of hydrogen-bond donors (Lipinski definition) is 1. The van der Waals surface area contributed by atoms with Crippen LogP contribution in [-0.4, -0.2) is 20.7 Å². The molecule has 1 aromatic carbocycles. The van der Waals surface area contributed by atoms with Crippen LogP contribution in [0.25, 0.3) is 11.4 Å². The molecule has 7 heteroatoms. The highest BCUT2D eigenvalue weighted by molar-refractivity contribution is 6.33. The molecule has 0 saturated heterocycles. The lowest BCUT2D eigenvalue weighted by Gasteiger charge is -2.07. The lowest BCUT2D eigenvalue weighted by atomic mass is 10.2. The fourth-order valence-corrected chi connectivity index (χ4v) is 2.24. The zero-order chi connectivity index (χ0) is 15.4. The predicted molar refractivity (Wildman–Crippen MR) is 81.0 cm³/mol. The monoisotopic (exact) mass is 316 g/mol. The van der Waals surface area contributed by atoms with E-state index in [-0.39, 0.29) is 12.5 Å². The van der Waals surface area contributed by atoms with E-state index in [1.807, 2.05) is 18.2 Å². The van der Waals surface area contributed by atoms with Crippen LogP contribution in [0.2, 0.25) is 5.02 Å². The SMILES string of the molecule is O=C(Cn1ncnc1-c1ccccc1Cl)NCc1ccco1. The zero-order valence-corrected chi connectivity index (χ0v) is 12.3. The first-order valence-electron chi connectivity index (χ1n) is 6.66. The van der Waals surface area contributed by atoms with Gasteiger partial charge in [0.15, 0.2) is 5.82 Å². The van der Waals surface area contributed by atoms with E-state index in [0.29, 0.717) is 23.2 Å². The predicted octanol–water partition coefficient (Wildman–Crippen LogP) is 2.51. The van der Waals surface area contributed by atoms with Crippen molar-refractivity contribution in [2.24, 2.45) is 0 Å². The molecule has 112 valence electrons. The van der Waals surface area contributed by atoms with E-state index in [2.05, 4.69) is 15.4 Å². The van der Waals surface area contributed by atoms with Gasteiger partial charge in [-0.15, -0.1) is 0 Å². The summed E-state index contributed by atoms with van der Waals surface area (Å²) in [5.41, 5.74) is 0.737. The highest BCUT2D eigenvalue weighted by Gasteiger charge is 2.13. The van der Waals surface area contributed by atoms with Gasteiger partial charge in [0, 0.05) is 5.56 Å². The van der Waals surface area contributed by atoms with Crippen molar-refractivity contribution in [1.29, 1.82) is 0 Å². The van der Waals surface area contributed by atoms with Crippen molar-refractivity contribution in [3.05, 3.63) is 59.8 Å². The Morgan fingerprint density at radius 2 is 2.14 bits per heavy atom. The van der Waals surface area contributed by atoms with Crippen LogP contribution < -0.4 is 5.32 Å². The molecule has 3 aromatic rings. The summed E-state index contributed by atoms with van der Waals surface area (Å²) in [7, 11) is 0. The normalized spacial score (nSPS) is 10.6. The van der Waals surface area contributed by atoms with Crippen molar-refractivity contribution in [3.8, 4) is 11.4 Å². The van der Waals surface area contributed by atoms with E-state index in [1.165, 1.54) is 11.0 Å². The summed E-state index contributed by atoms with van der Waals surface area (Å²) >= 11 is 6.16. The van der Waals surface area contributed by atoms with Crippen molar-refractivity contribution in [1.82, 2.24) is 20.1 Å². The van der Waals surface area contributed by atoms with Crippen LogP contribution in [0.1, 0.15) is 5.76 Å². The summed E-state index contributed by atoms with van der Waals surface area (Å²) < 4.78 is 6.67. The van der Waals surface area contributed by atoms with E-state index in [0.717, 1.165) is 5.56 Å². The lowest BCUT2D eigenvalue weighted by Crippen LogP contribution is -2.27. The Morgan fingerprint density at radius 1 is 1.27 bits per heavy atom. The van der Waals surface area contributed by atoms with Crippen molar-refractivity contribution in [3.63, 3.8) is 0 Å². The largest absolute Gasteiger partial charge is 0.467 e. The number of carbonyl (C=O) groups excluding carboxylic acids is 1. The Kier molecular flexibility index (Phi) is 4.20. The molecular weight excluding hydrogens is 304 g/mol. The molecule has 3 rings (SSSR count). The summed E-state index contributed by atoms with van der Waals surface area (Å²) in [5, 5.41) is 7.41.